The minimum atomic E-state index is -1.14. The molecule has 10 heteroatoms. The lowest BCUT2D eigenvalue weighted by Crippen LogP contribution is -2.50. The number of carbonyl (C=O) groups is 3. The van der Waals surface area contributed by atoms with Gasteiger partial charge < -0.3 is 10.1 Å². The van der Waals surface area contributed by atoms with Crippen molar-refractivity contribution in [3.63, 3.8) is 0 Å². The predicted molar refractivity (Wildman–Crippen MR) is 99.1 cm³/mol. The zero-order valence-electron chi connectivity index (χ0n) is 14.7. The first kappa shape index (κ1) is 19.9. The monoisotopic (exact) mass is 398 g/mol. The summed E-state index contributed by atoms with van der Waals surface area (Å²) in [5, 5.41) is 6.78. The molecule has 2 heterocycles. The van der Waals surface area contributed by atoms with Crippen molar-refractivity contribution in [2.45, 2.75) is 39.3 Å². The lowest BCUT2D eigenvalue weighted by molar-refractivity contribution is -0.149. The molecule has 2 aromatic heterocycles. The number of imidazole rings is 1. The van der Waals surface area contributed by atoms with Gasteiger partial charge >= 0.3 is 12.0 Å². The lowest BCUT2D eigenvalue weighted by atomic mass is 10.1. The number of nitrogens with zero attached hydrogens (tertiary/aromatic N) is 2. The van der Waals surface area contributed by atoms with Gasteiger partial charge in [0.25, 0.3) is 5.91 Å². The van der Waals surface area contributed by atoms with E-state index in [9.17, 15) is 14.4 Å². The summed E-state index contributed by atoms with van der Waals surface area (Å²) in [7, 11) is 0. The molecule has 0 aromatic carbocycles. The molecule has 0 aliphatic heterocycles. The van der Waals surface area contributed by atoms with Gasteiger partial charge in [-0.2, -0.15) is 0 Å². The predicted octanol–water partition coefficient (Wildman–Crippen LogP) is 2.62. The maximum atomic E-state index is 11.9. The number of thiazole rings is 1. The number of urea groups is 1. The van der Waals surface area contributed by atoms with Gasteiger partial charge in [-0.25, -0.2) is 14.6 Å². The second-order valence-corrected chi connectivity index (χ2v) is 7.68. The summed E-state index contributed by atoms with van der Waals surface area (Å²) < 4.78 is 6.71. The molecule has 0 saturated heterocycles. The molecule has 0 aliphatic carbocycles. The normalized spacial score (nSPS) is 13.0. The molecule has 0 bridgehead atoms. The van der Waals surface area contributed by atoms with E-state index < -0.39 is 29.6 Å². The average Bonchev–Trinajstić information content (AvgIpc) is 3.03. The van der Waals surface area contributed by atoms with E-state index in [1.807, 2.05) is 5.38 Å². The molecule has 2 N–H and O–H groups in total. The van der Waals surface area contributed by atoms with Crippen LogP contribution in [0.25, 0.3) is 11.0 Å². The largest absolute Gasteiger partial charge is 0.449 e. The SMILES string of the molecule is CC(OC(=O)C=Cc1c(Cl)nc2sccn12)C(=O)NC(=O)NC(C)(C)C. The smallest absolute Gasteiger partial charge is 0.331 e. The minimum Gasteiger partial charge on any atom is -0.449 e. The minimum absolute atomic E-state index is 0.255. The molecule has 0 fully saturated rings. The van der Waals surface area contributed by atoms with Gasteiger partial charge in [0, 0.05) is 23.2 Å². The molecule has 0 radical (unpaired) electrons. The summed E-state index contributed by atoms with van der Waals surface area (Å²) in [6.07, 6.45) is 3.23. The van der Waals surface area contributed by atoms with Crippen molar-refractivity contribution in [1.82, 2.24) is 20.0 Å². The molecule has 1 unspecified atom stereocenters. The second-order valence-electron chi connectivity index (χ2n) is 6.45. The Labute approximate surface area is 159 Å². The third-order valence-electron chi connectivity index (χ3n) is 3.02. The van der Waals surface area contributed by atoms with Crippen LogP contribution in [0.5, 0.6) is 0 Å². The molecule has 8 nitrogen and oxygen atoms in total. The van der Waals surface area contributed by atoms with Crippen LogP contribution in [0.2, 0.25) is 5.15 Å². The van der Waals surface area contributed by atoms with Crippen molar-refractivity contribution >= 4 is 51.9 Å². The van der Waals surface area contributed by atoms with Crippen LogP contribution in [0.4, 0.5) is 4.79 Å². The zero-order chi connectivity index (χ0) is 19.5. The molecule has 0 saturated carbocycles. The third-order valence-corrected chi connectivity index (χ3v) is 4.05. The van der Waals surface area contributed by atoms with Crippen LogP contribution in [0.15, 0.2) is 17.7 Å². The molecule has 140 valence electrons. The Morgan fingerprint density at radius 2 is 2.08 bits per heavy atom. The summed E-state index contributed by atoms with van der Waals surface area (Å²) in [5.41, 5.74) is 0.0337. The highest BCUT2D eigenvalue weighted by Gasteiger charge is 2.21. The van der Waals surface area contributed by atoms with Gasteiger partial charge in [0.05, 0.1) is 5.69 Å². The fourth-order valence-corrected chi connectivity index (χ4v) is 2.93. The van der Waals surface area contributed by atoms with E-state index in [0.717, 1.165) is 6.08 Å². The van der Waals surface area contributed by atoms with Gasteiger partial charge in [-0.05, 0) is 33.8 Å². The summed E-state index contributed by atoms with van der Waals surface area (Å²) in [4.78, 5) is 40.3. The zero-order valence-corrected chi connectivity index (χ0v) is 16.3. The Hall–Kier alpha value is -2.39. The van der Waals surface area contributed by atoms with Gasteiger partial charge in [0.15, 0.2) is 16.2 Å². The van der Waals surface area contributed by atoms with Crippen LogP contribution < -0.4 is 10.6 Å². The van der Waals surface area contributed by atoms with Crippen molar-refractivity contribution in [1.29, 1.82) is 0 Å². The number of nitrogens with one attached hydrogen (secondary N) is 2. The van der Waals surface area contributed by atoms with E-state index in [2.05, 4.69) is 15.6 Å². The highest BCUT2D eigenvalue weighted by molar-refractivity contribution is 7.15. The summed E-state index contributed by atoms with van der Waals surface area (Å²) in [5.74, 6) is -1.47. The Balaban J connectivity index is 1.92. The van der Waals surface area contributed by atoms with Crippen LogP contribution >= 0.6 is 22.9 Å². The molecule has 1 atom stereocenters. The standard InChI is InChI=1S/C16H19ClN4O4S/c1-9(13(23)19-14(24)20-16(2,3)4)25-11(22)6-5-10-12(17)18-15-21(10)7-8-26-15/h5-9H,1-4H3,(H2,19,20,23,24). The number of fused-ring (bicyclic) bond motifs is 1. The number of aromatic nitrogens is 2. The fraction of sp³-hybridized carbons (Fsp3) is 0.375. The van der Waals surface area contributed by atoms with Crippen molar-refractivity contribution in [2.24, 2.45) is 0 Å². The third kappa shape index (κ3) is 5.30. The summed E-state index contributed by atoms with van der Waals surface area (Å²) in [6.45, 7) is 6.69. The molecule has 0 spiro atoms. The van der Waals surface area contributed by atoms with E-state index in [1.165, 1.54) is 24.3 Å². The Bertz CT molecular complexity index is 865. The first-order chi connectivity index (χ1) is 12.1. The van der Waals surface area contributed by atoms with Gasteiger partial charge in [-0.3, -0.25) is 14.5 Å². The van der Waals surface area contributed by atoms with Crippen LogP contribution in [0.3, 0.4) is 0 Å². The number of carbonyl (C=O) groups excluding carboxylic acids is 3. The summed E-state index contributed by atoms with van der Waals surface area (Å²) >= 11 is 7.43. The molecular formula is C16H19ClN4O4S. The number of hydrogen-bond donors (Lipinski definition) is 2. The van der Waals surface area contributed by atoms with Crippen molar-refractivity contribution < 1.29 is 19.1 Å². The number of esters is 1. The van der Waals surface area contributed by atoms with Gasteiger partial charge in [-0.15, -0.1) is 11.3 Å². The summed E-state index contributed by atoms with van der Waals surface area (Å²) in [6, 6.07) is -0.660. The molecule has 26 heavy (non-hydrogen) atoms. The van der Waals surface area contributed by atoms with Crippen molar-refractivity contribution in [3.05, 3.63) is 28.5 Å². The molecule has 2 aromatic rings. The number of amides is 3. The molecule has 3 amide bonds. The van der Waals surface area contributed by atoms with Crippen molar-refractivity contribution in [3.8, 4) is 0 Å². The van der Waals surface area contributed by atoms with E-state index >= 15 is 0 Å². The highest BCUT2D eigenvalue weighted by Crippen LogP contribution is 2.22. The second kappa shape index (κ2) is 7.88. The number of imide groups is 1. The van der Waals surface area contributed by atoms with E-state index in [-0.39, 0.29) is 5.15 Å². The average molecular weight is 399 g/mol. The molecule has 2 rings (SSSR count). The topological polar surface area (TPSA) is 102 Å². The maximum Gasteiger partial charge on any atom is 0.331 e. The number of halogens is 1. The first-order valence-corrected chi connectivity index (χ1v) is 8.95. The van der Waals surface area contributed by atoms with Crippen LogP contribution in [-0.4, -0.2) is 38.9 Å². The number of hydrogen-bond acceptors (Lipinski definition) is 6. The van der Waals surface area contributed by atoms with Gasteiger partial charge in [-0.1, -0.05) is 11.6 Å². The van der Waals surface area contributed by atoms with E-state index in [4.69, 9.17) is 16.3 Å². The quantitative estimate of drug-likeness (QED) is 0.608. The van der Waals surface area contributed by atoms with Crippen LogP contribution in [0.1, 0.15) is 33.4 Å². The highest BCUT2D eigenvalue weighted by atomic mass is 35.5. The van der Waals surface area contributed by atoms with Crippen LogP contribution in [-0.2, 0) is 14.3 Å². The first-order valence-electron chi connectivity index (χ1n) is 7.69. The Kier molecular flexibility index (Phi) is 6.04. The fourth-order valence-electron chi connectivity index (χ4n) is 1.93. The number of ether oxygens (including phenoxy) is 1. The van der Waals surface area contributed by atoms with E-state index in [1.54, 1.807) is 31.4 Å². The molecule has 0 aliphatic rings. The van der Waals surface area contributed by atoms with E-state index in [0.29, 0.717) is 10.7 Å². The lowest BCUT2D eigenvalue weighted by Gasteiger charge is -2.21. The maximum absolute atomic E-state index is 11.9. The van der Waals surface area contributed by atoms with Gasteiger partial charge in [0.2, 0.25) is 0 Å². The van der Waals surface area contributed by atoms with Crippen molar-refractivity contribution in [2.75, 3.05) is 0 Å². The molecular weight excluding hydrogens is 380 g/mol. The van der Waals surface area contributed by atoms with Gasteiger partial charge in [0.1, 0.15) is 0 Å². The number of rotatable bonds is 4. The Morgan fingerprint density at radius 3 is 2.73 bits per heavy atom. The van der Waals surface area contributed by atoms with Crippen LogP contribution in [0, 0.1) is 0 Å². The Morgan fingerprint density at radius 1 is 1.38 bits per heavy atom.